The third-order valence-corrected chi connectivity index (χ3v) is 1.37. The monoisotopic (exact) mass is 174 g/mol. The van der Waals surface area contributed by atoms with Gasteiger partial charge in [-0.3, -0.25) is 0 Å². The van der Waals surface area contributed by atoms with E-state index >= 15 is 0 Å². The Kier molecular flexibility index (Phi) is 3.45. The van der Waals surface area contributed by atoms with E-state index in [-0.39, 0.29) is 9.52 Å². The highest BCUT2D eigenvalue weighted by Gasteiger charge is 2.00. The summed E-state index contributed by atoms with van der Waals surface area (Å²) >= 11 is 15.2. The molecular weight excluding hydrogens is 173 g/mol. The lowest BCUT2D eigenvalue weighted by Crippen LogP contribution is -1.68. The van der Waals surface area contributed by atoms with Crippen molar-refractivity contribution in [3.05, 3.63) is 21.9 Å². The first-order valence-electron chi connectivity index (χ1n) is 1.61. The minimum absolute atomic E-state index is 0.306. The van der Waals surface area contributed by atoms with E-state index < -0.39 is 5.83 Å². The summed E-state index contributed by atoms with van der Waals surface area (Å²) in [5.41, 5.74) is 0. The zero-order valence-corrected chi connectivity index (χ0v) is 5.99. The predicted molar refractivity (Wildman–Crippen MR) is 34.8 cm³/mol. The Labute approximate surface area is 61.5 Å². The Balaban J connectivity index is 4.23. The Bertz CT molecular complexity index is 134. The first-order chi connectivity index (χ1) is 3.55. The second kappa shape index (κ2) is 3.33. The van der Waals surface area contributed by atoms with Gasteiger partial charge < -0.3 is 0 Å². The van der Waals surface area contributed by atoms with Crippen molar-refractivity contribution in [1.29, 1.82) is 0 Å². The van der Waals surface area contributed by atoms with Crippen molar-refractivity contribution in [2.75, 3.05) is 0 Å². The molecule has 46 valence electrons. The fourth-order valence-electron chi connectivity index (χ4n) is 0.103. The smallest absolute Gasteiger partial charge is 0.137 e. The van der Waals surface area contributed by atoms with Crippen LogP contribution >= 0.6 is 34.8 Å². The van der Waals surface area contributed by atoms with Gasteiger partial charge in [0.15, 0.2) is 0 Å². The number of hydrogen-bond donors (Lipinski definition) is 0. The molecule has 0 bridgehead atoms. The highest BCUT2D eigenvalue weighted by molar-refractivity contribution is 6.59. The zero-order chi connectivity index (χ0) is 6.73. The molecule has 0 fully saturated rings. The third-order valence-electron chi connectivity index (χ3n) is 0.404. The molecule has 0 rings (SSSR count). The molecule has 0 atom stereocenters. The van der Waals surface area contributed by atoms with Gasteiger partial charge in [-0.05, 0) is 0 Å². The van der Waals surface area contributed by atoms with Gasteiger partial charge in [-0.2, -0.15) is 0 Å². The maximum atomic E-state index is 11.8. The quantitative estimate of drug-likeness (QED) is 0.536. The molecule has 0 amide bonds. The molecule has 0 radical (unpaired) electrons. The number of hydrogen-bond acceptors (Lipinski definition) is 0. The van der Waals surface area contributed by atoms with Crippen LogP contribution in [0.1, 0.15) is 0 Å². The molecule has 0 spiro atoms. The molecule has 0 aliphatic carbocycles. The summed E-state index contributed by atoms with van der Waals surface area (Å²) in [5.74, 6) is -0.827. The largest absolute Gasteiger partial charge is 0.206 e. The van der Waals surface area contributed by atoms with E-state index in [9.17, 15) is 4.39 Å². The lowest BCUT2D eigenvalue weighted by molar-refractivity contribution is 0.667. The Morgan fingerprint density at radius 2 is 1.62 bits per heavy atom. The van der Waals surface area contributed by atoms with Crippen LogP contribution in [0.5, 0.6) is 0 Å². The van der Waals surface area contributed by atoms with Crippen LogP contribution in [-0.4, -0.2) is 0 Å². The van der Waals surface area contributed by atoms with Crippen LogP contribution in [0.3, 0.4) is 0 Å². The lowest BCUT2D eigenvalue weighted by Gasteiger charge is -1.88. The Morgan fingerprint density at radius 1 is 1.25 bits per heavy atom. The molecule has 0 aliphatic heterocycles. The molecule has 8 heavy (non-hydrogen) atoms. The first kappa shape index (κ1) is 8.28. The van der Waals surface area contributed by atoms with Crippen molar-refractivity contribution in [2.45, 2.75) is 0 Å². The summed E-state index contributed by atoms with van der Waals surface area (Å²) in [4.78, 5) is 0. The van der Waals surface area contributed by atoms with Crippen molar-refractivity contribution in [1.82, 2.24) is 0 Å². The van der Waals surface area contributed by atoms with E-state index in [0.29, 0.717) is 0 Å². The van der Waals surface area contributed by atoms with Crippen LogP contribution in [-0.2, 0) is 0 Å². The first-order valence-corrected chi connectivity index (χ1v) is 2.74. The molecule has 0 aromatic heterocycles. The van der Waals surface area contributed by atoms with Gasteiger partial charge in [0, 0.05) is 0 Å². The van der Waals surface area contributed by atoms with Crippen LogP contribution in [0.2, 0.25) is 0 Å². The van der Waals surface area contributed by atoms with Crippen LogP contribution in [0.15, 0.2) is 21.9 Å². The van der Waals surface area contributed by atoms with Gasteiger partial charge in [-0.1, -0.05) is 41.4 Å². The van der Waals surface area contributed by atoms with Crippen molar-refractivity contribution < 1.29 is 4.39 Å². The highest BCUT2D eigenvalue weighted by atomic mass is 35.5. The fourth-order valence-corrected chi connectivity index (χ4v) is 0.308. The second-order valence-electron chi connectivity index (χ2n) is 0.979. The van der Waals surface area contributed by atoms with Crippen molar-refractivity contribution in [3.63, 3.8) is 0 Å². The summed E-state index contributed by atoms with van der Waals surface area (Å²) < 4.78 is 11.5. The molecule has 0 N–H and O–H groups in total. The minimum Gasteiger partial charge on any atom is -0.206 e. The third kappa shape index (κ3) is 2.55. The van der Waals surface area contributed by atoms with Crippen LogP contribution < -0.4 is 0 Å². The number of rotatable bonds is 1. The predicted octanol–water partition coefficient (Wildman–Crippen LogP) is 3.36. The van der Waals surface area contributed by atoms with Gasteiger partial charge in [0.2, 0.25) is 0 Å². The molecule has 0 aliphatic rings. The van der Waals surface area contributed by atoms with Gasteiger partial charge in [-0.15, -0.1) is 0 Å². The summed E-state index contributed by atoms with van der Waals surface area (Å²) in [6, 6.07) is 0. The average molecular weight is 175 g/mol. The van der Waals surface area contributed by atoms with Gasteiger partial charge in [-0.25, -0.2) is 4.39 Å². The van der Waals surface area contributed by atoms with Crippen LogP contribution in [0, 0.1) is 0 Å². The minimum atomic E-state index is -0.827. The van der Waals surface area contributed by atoms with E-state index in [4.69, 9.17) is 34.8 Å². The molecule has 0 heterocycles. The van der Waals surface area contributed by atoms with E-state index in [1.807, 2.05) is 0 Å². The fraction of sp³-hybridized carbons (Fsp3) is 0. The molecular formula is C4H2Cl3F. The normalized spacial score (nSPS) is 8.50. The van der Waals surface area contributed by atoms with Crippen molar-refractivity contribution in [3.8, 4) is 0 Å². The summed E-state index contributed by atoms with van der Waals surface area (Å²) in [5, 5.41) is -0.340. The maximum absolute atomic E-state index is 11.8. The highest BCUT2D eigenvalue weighted by Crippen LogP contribution is 2.23. The number of halogens is 4. The van der Waals surface area contributed by atoms with Crippen molar-refractivity contribution >= 4 is 34.8 Å². The number of allylic oxidation sites excluding steroid dienone is 2. The van der Waals surface area contributed by atoms with E-state index in [1.165, 1.54) is 0 Å². The zero-order valence-electron chi connectivity index (χ0n) is 3.72. The van der Waals surface area contributed by atoms with E-state index in [2.05, 4.69) is 6.58 Å². The molecule has 0 saturated carbocycles. The Morgan fingerprint density at radius 3 is 1.62 bits per heavy atom. The summed E-state index contributed by atoms with van der Waals surface area (Å²) in [7, 11) is 0. The lowest BCUT2D eigenvalue weighted by atomic mass is 10.6. The molecule has 0 nitrogen and oxygen atoms in total. The average Bonchev–Trinajstić information content (AvgIpc) is 1.64. The van der Waals surface area contributed by atoms with Gasteiger partial charge in [0.05, 0.1) is 0 Å². The van der Waals surface area contributed by atoms with E-state index in [1.54, 1.807) is 0 Å². The summed E-state index contributed by atoms with van der Waals surface area (Å²) in [6.07, 6.45) is 0. The molecule has 0 aromatic rings. The molecule has 0 aromatic carbocycles. The molecule has 0 saturated heterocycles. The standard InChI is InChI=1S/C4H2Cl3F/c1-2(8)3(5)4(6)7/h1H2. The molecule has 0 unspecified atom stereocenters. The topological polar surface area (TPSA) is 0 Å². The molecule has 4 heteroatoms. The summed E-state index contributed by atoms with van der Waals surface area (Å²) in [6.45, 7) is 2.85. The van der Waals surface area contributed by atoms with E-state index in [0.717, 1.165) is 0 Å². The van der Waals surface area contributed by atoms with Crippen LogP contribution in [0.25, 0.3) is 0 Å². The van der Waals surface area contributed by atoms with Gasteiger partial charge >= 0.3 is 0 Å². The van der Waals surface area contributed by atoms with Crippen LogP contribution in [0.4, 0.5) is 4.39 Å². The Hall–Kier alpha value is 0.280. The maximum Gasteiger partial charge on any atom is 0.137 e. The van der Waals surface area contributed by atoms with Gasteiger partial charge in [0.25, 0.3) is 0 Å². The SMILES string of the molecule is C=C(F)C(Cl)=C(Cl)Cl. The van der Waals surface area contributed by atoms with Crippen molar-refractivity contribution in [2.24, 2.45) is 0 Å². The van der Waals surface area contributed by atoms with Gasteiger partial charge in [0.1, 0.15) is 15.4 Å². The second-order valence-corrected chi connectivity index (χ2v) is 2.31.